The van der Waals surface area contributed by atoms with E-state index in [-0.39, 0.29) is 5.91 Å². The van der Waals surface area contributed by atoms with Crippen LogP contribution in [0.5, 0.6) is 5.75 Å². The van der Waals surface area contributed by atoms with Crippen LogP contribution < -0.4 is 10.1 Å². The second-order valence-electron chi connectivity index (χ2n) is 5.84. The van der Waals surface area contributed by atoms with Gasteiger partial charge in [-0.3, -0.25) is 9.78 Å². The average molecular weight is 331 g/mol. The molecule has 0 aliphatic rings. The Kier molecular flexibility index (Phi) is 3.61. The summed E-state index contributed by atoms with van der Waals surface area (Å²) in [5.41, 5.74) is 3.70. The first-order valence-electron chi connectivity index (χ1n) is 7.99. The number of nitrogens with zero attached hydrogens (tertiary/aromatic N) is 1. The van der Waals surface area contributed by atoms with Crippen molar-refractivity contribution in [1.29, 1.82) is 0 Å². The van der Waals surface area contributed by atoms with Gasteiger partial charge in [0.1, 0.15) is 5.75 Å². The highest BCUT2D eigenvalue weighted by atomic mass is 16.5. The summed E-state index contributed by atoms with van der Waals surface area (Å²) in [6.45, 7) is 1.88. The lowest BCUT2D eigenvalue weighted by atomic mass is 10.1. The van der Waals surface area contributed by atoms with Crippen LogP contribution in [0, 0.1) is 6.92 Å². The number of hydrogen-bond acceptors (Lipinski definition) is 3. The molecular formula is C20H17N3O2. The van der Waals surface area contributed by atoms with E-state index in [1.165, 1.54) is 0 Å². The molecule has 0 bridgehead atoms. The van der Waals surface area contributed by atoms with Crippen LogP contribution in [0.2, 0.25) is 0 Å². The Bertz CT molecular complexity index is 1090. The van der Waals surface area contributed by atoms with Gasteiger partial charge in [0.25, 0.3) is 5.91 Å². The van der Waals surface area contributed by atoms with Crippen LogP contribution in [0.25, 0.3) is 21.8 Å². The van der Waals surface area contributed by atoms with Crippen molar-refractivity contribution >= 4 is 33.4 Å². The minimum Gasteiger partial charge on any atom is -0.495 e. The summed E-state index contributed by atoms with van der Waals surface area (Å²) in [6.07, 6.45) is 1.72. The van der Waals surface area contributed by atoms with E-state index in [1.54, 1.807) is 13.3 Å². The molecule has 0 fully saturated rings. The van der Waals surface area contributed by atoms with Gasteiger partial charge in [-0.15, -0.1) is 0 Å². The number of hydrogen-bond donors (Lipinski definition) is 2. The van der Waals surface area contributed by atoms with Crippen molar-refractivity contribution in [1.82, 2.24) is 9.97 Å². The van der Waals surface area contributed by atoms with Crippen LogP contribution in [-0.2, 0) is 0 Å². The molecule has 1 amide bonds. The SMILES string of the molecule is COc1cccc2c(C(=O)Nc3cccc4cccnc34)c(C)[nH]c12. The molecule has 4 rings (SSSR count). The van der Waals surface area contributed by atoms with Crippen molar-refractivity contribution in [3.63, 3.8) is 0 Å². The summed E-state index contributed by atoms with van der Waals surface area (Å²) >= 11 is 0. The number of carbonyl (C=O) groups is 1. The van der Waals surface area contributed by atoms with Gasteiger partial charge in [-0.25, -0.2) is 0 Å². The van der Waals surface area contributed by atoms with Gasteiger partial charge in [-0.2, -0.15) is 0 Å². The van der Waals surface area contributed by atoms with E-state index in [9.17, 15) is 4.79 Å². The number of fused-ring (bicyclic) bond motifs is 2. The van der Waals surface area contributed by atoms with Crippen molar-refractivity contribution in [3.8, 4) is 5.75 Å². The standard InChI is InChI=1S/C20H17N3O2/c1-12-17(14-8-4-10-16(25-2)19(14)22-12)20(24)23-15-9-3-6-13-7-5-11-21-18(13)15/h3-11,22H,1-2H3,(H,23,24). The maximum atomic E-state index is 13.0. The molecule has 0 saturated heterocycles. The number of anilines is 1. The Morgan fingerprint density at radius 3 is 2.76 bits per heavy atom. The Hall–Kier alpha value is -3.34. The predicted octanol–water partition coefficient (Wildman–Crippen LogP) is 4.29. The first-order chi connectivity index (χ1) is 12.2. The Morgan fingerprint density at radius 2 is 1.92 bits per heavy atom. The fourth-order valence-corrected chi connectivity index (χ4v) is 3.17. The minimum absolute atomic E-state index is 0.171. The topological polar surface area (TPSA) is 67.0 Å². The molecule has 5 nitrogen and oxygen atoms in total. The zero-order valence-electron chi connectivity index (χ0n) is 14.0. The van der Waals surface area contributed by atoms with Gasteiger partial charge in [0.05, 0.1) is 29.4 Å². The molecule has 2 N–H and O–H groups in total. The zero-order chi connectivity index (χ0) is 17.4. The third-order valence-electron chi connectivity index (χ3n) is 4.31. The monoisotopic (exact) mass is 331 g/mol. The number of aryl methyl sites for hydroxylation is 1. The number of ether oxygens (including phenoxy) is 1. The number of rotatable bonds is 3. The van der Waals surface area contributed by atoms with Crippen molar-refractivity contribution in [2.75, 3.05) is 12.4 Å². The van der Waals surface area contributed by atoms with E-state index in [0.717, 1.165) is 27.5 Å². The highest BCUT2D eigenvalue weighted by Gasteiger charge is 2.19. The van der Waals surface area contributed by atoms with Gasteiger partial charge in [0.15, 0.2) is 0 Å². The molecule has 124 valence electrons. The third kappa shape index (κ3) is 2.50. The fourth-order valence-electron chi connectivity index (χ4n) is 3.17. The van der Waals surface area contributed by atoms with Gasteiger partial charge in [0, 0.05) is 22.7 Å². The lowest BCUT2D eigenvalue weighted by Crippen LogP contribution is -2.13. The number of aromatic nitrogens is 2. The number of methoxy groups -OCH3 is 1. The van der Waals surface area contributed by atoms with E-state index < -0.39 is 0 Å². The van der Waals surface area contributed by atoms with Crippen molar-refractivity contribution < 1.29 is 9.53 Å². The van der Waals surface area contributed by atoms with Crippen LogP contribution >= 0.6 is 0 Å². The lowest BCUT2D eigenvalue weighted by molar-refractivity contribution is 0.102. The second-order valence-corrected chi connectivity index (χ2v) is 5.84. The average Bonchev–Trinajstić information content (AvgIpc) is 2.98. The number of pyridine rings is 1. The summed E-state index contributed by atoms with van der Waals surface area (Å²) in [7, 11) is 1.62. The number of carbonyl (C=O) groups excluding carboxylic acids is 1. The molecule has 4 aromatic rings. The zero-order valence-corrected chi connectivity index (χ0v) is 14.0. The first kappa shape index (κ1) is 15.2. The van der Waals surface area contributed by atoms with Crippen molar-refractivity contribution in [3.05, 3.63) is 66.0 Å². The smallest absolute Gasteiger partial charge is 0.258 e. The van der Waals surface area contributed by atoms with Crippen LogP contribution in [0.3, 0.4) is 0 Å². The van der Waals surface area contributed by atoms with Crippen LogP contribution in [-0.4, -0.2) is 23.0 Å². The molecule has 0 radical (unpaired) electrons. The van der Waals surface area contributed by atoms with Crippen molar-refractivity contribution in [2.24, 2.45) is 0 Å². The Balaban J connectivity index is 1.79. The molecule has 2 aromatic heterocycles. The molecule has 0 atom stereocenters. The van der Waals surface area contributed by atoms with Crippen LogP contribution in [0.15, 0.2) is 54.7 Å². The normalized spacial score (nSPS) is 11.0. The van der Waals surface area contributed by atoms with Gasteiger partial charge < -0.3 is 15.0 Å². The minimum atomic E-state index is -0.171. The maximum Gasteiger partial charge on any atom is 0.258 e. The van der Waals surface area contributed by atoms with E-state index in [4.69, 9.17) is 4.74 Å². The molecule has 0 unspecified atom stereocenters. The number of nitrogens with one attached hydrogen (secondary N) is 2. The first-order valence-corrected chi connectivity index (χ1v) is 7.99. The highest BCUT2D eigenvalue weighted by molar-refractivity contribution is 6.16. The third-order valence-corrected chi connectivity index (χ3v) is 4.31. The quantitative estimate of drug-likeness (QED) is 0.588. The highest BCUT2D eigenvalue weighted by Crippen LogP contribution is 2.30. The molecule has 0 spiro atoms. The second kappa shape index (κ2) is 5.94. The van der Waals surface area contributed by atoms with Gasteiger partial charge in [0.2, 0.25) is 0 Å². The molecule has 25 heavy (non-hydrogen) atoms. The molecule has 2 aromatic carbocycles. The summed E-state index contributed by atoms with van der Waals surface area (Å²) in [5, 5.41) is 4.82. The van der Waals surface area contributed by atoms with Gasteiger partial charge in [-0.05, 0) is 25.1 Å². The molecule has 0 saturated carbocycles. The Morgan fingerprint density at radius 1 is 1.12 bits per heavy atom. The van der Waals surface area contributed by atoms with E-state index in [0.29, 0.717) is 17.0 Å². The van der Waals surface area contributed by atoms with E-state index in [2.05, 4.69) is 15.3 Å². The van der Waals surface area contributed by atoms with Gasteiger partial charge >= 0.3 is 0 Å². The van der Waals surface area contributed by atoms with Crippen LogP contribution in [0.4, 0.5) is 5.69 Å². The molecule has 0 aliphatic heterocycles. The summed E-state index contributed by atoms with van der Waals surface area (Å²) in [4.78, 5) is 20.6. The molecule has 0 aliphatic carbocycles. The number of benzene rings is 2. The lowest BCUT2D eigenvalue weighted by Gasteiger charge is -2.08. The number of amides is 1. The summed E-state index contributed by atoms with van der Waals surface area (Å²) in [5.74, 6) is 0.543. The van der Waals surface area contributed by atoms with E-state index in [1.807, 2.05) is 55.5 Å². The molecular weight excluding hydrogens is 314 g/mol. The summed E-state index contributed by atoms with van der Waals surface area (Å²) < 4.78 is 5.38. The largest absolute Gasteiger partial charge is 0.495 e. The molecule has 2 heterocycles. The fraction of sp³-hybridized carbons (Fsp3) is 0.100. The van der Waals surface area contributed by atoms with Crippen LogP contribution in [0.1, 0.15) is 16.1 Å². The predicted molar refractivity (Wildman–Crippen MR) is 99.3 cm³/mol. The Labute approximate surface area is 144 Å². The molecule has 5 heteroatoms. The van der Waals surface area contributed by atoms with E-state index >= 15 is 0 Å². The number of aromatic amines is 1. The number of H-pyrrole nitrogens is 1. The van der Waals surface area contributed by atoms with Crippen molar-refractivity contribution in [2.45, 2.75) is 6.92 Å². The number of para-hydroxylation sites is 2. The maximum absolute atomic E-state index is 13.0. The summed E-state index contributed by atoms with van der Waals surface area (Å²) in [6, 6.07) is 15.3. The van der Waals surface area contributed by atoms with Gasteiger partial charge in [-0.1, -0.05) is 30.3 Å².